The van der Waals surface area contributed by atoms with Crippen LogP contribution in [0.2, 0.25) is 0 Å². The number of benzene rings is 2. The van der Waals surface area contributed by atoms with Gasteiger partial charge < -0.3 is 19.9 Å². The second-order valence-corrected chi connectivity index (χ2v) is 6.10. The number of hydrogen-bond acceptors (Lipinski definition) is 4. The monoisotopic (exact) mass is 375 g/mol. The van der Waals surface area contributed by atoms with Gasteiger partial charge in [0.05, 0.1) is 20.1 Å². The van der Waals surface area contributed by atoms with Crippen LogP contribution < -0.4 is 14.8 Å². The minimum absolute atomic E-state index is 0.00357. The second kappa shape index (κ2) is 9.02. The smallest absolute Gasteiger partial charge is 0.330 e. The molecule has 2 aromatic rings. The van der Waals surface area contributed by atoms with Gasteiger partial charge >= 0.3 is 5.97 Å². The summed E-state index contributed by atoms with van der Waals surface area (Å²) in [5, 5.41) is 11.7. The molecule has 0 aliphatic rings. The number of carboxylic acid groups (broad SMARTS) is 1. The summed E-state index contributed by atoms with van der Waals surface area (Å²) in [6, 6.07) is 8.13. The largest absolute Gasteiger partial charge is 0.494 e. The van der Waals surface area contributed by atoms with Crippen molar-refractivity contribution in [2.45, 2.75) is 26.3 Å². The van der Waals surface area contributed by atoms with Crippen LogP contribution in [0, 0.1) is 19.7 Å². The van der Waals surface area contributed by atoms with Gasteiger partial charge in [-0.15, -0.1) is 0 Å². The van der Waals surface area contributed by atoms with Crippen molar-refractivity contribution in [1.82, 2.24) is 5.32 Å². The van der Waals surface area contributed by atoms with E-state index in [9.17, 15) is 19.1 Å². The molecule has 1 atom stereocenters. The molecular formula is C20H22FNO5. The number of methoxy groups -OCH3 is 1. The fourth-order valence-electron chi connectivity index (χ4n) is 2.50. The number of carboxylic acids is 1. The molecule has 0 saturated carbocycles. The topological polar surface area (TPSA) is 84.9 Å². The number of nitrogens with one attached hydrogen (secondary N) is 1. The van der Waals surface area contributed by atoms with Crippen LogP contribution in [0.15, 0.2) is 36.4 Å². The number of carbonyl (C=O) groups is 2. The van der Waals surface area contributed by atoms with Crippen molar-refractivity contribution < 1.29 is 28.6 Å². The summed E-state index contributed by atoms with van der Waals surface area (Å²) in [4.78, 5) is 23.6. The molecule has 0 aliphatic carbocycles. The molecule has 0 aliphatic heterocycles. The Hall–Kier alpha value is -3.09. The minimum Gasteiger partial charge on any atom is -0.494 e. The van der Waals surface area contributed by atoms with Crippen LogP contribution in [0.1, 0.15) is 29.2 Å². The van der Waals surface area contributed by atoms with Crippen molar-refractivity contribution in [3.05, 3.63) is 58.9 Å². The SMILES string of the molecule is COc1ccc(C(NC(=O)CCOc2cc(C)ccc2C)C(=O)O)cc1F. The van der Waals surface area contributed by atoms with E-state index >= 15 is 0 Å². The number of aryl methyl sites for hydroxylation is 2. The fraction of sp³-hybridized carbons (Fsp3) is 0.300. The van der Waals surface area contributed by atoms with Gasteiger partial charge in [0.25, 0.3) is 0 Å². The Morgan fingerprint density at radius 3 is 2.52 bits per heavy atom. The molecule has 144 valence electrons. The molecular weight excluding hydrogens is 353 g/mol. The van der Waals surface area contributed by atoms with Crippen molar-refractivity contribution in [3.63, 3.8) is 0 Å². The fourth-order valence-corrected chi connectivity index (χ4v) is 2.50. The summed E-state index contributed by atoms with van der Waals surface area (Å²) < 4.78 is 24.2. The van der Waals surface area contributed by atoms with Gasteiger partial charge in [-0.25, -0.2) is 9.18 Å². The Morgan fingerprint density at radius 1 is 1.15 bits per heavy atom. The van der Waals surface area contributed by atoms with Gasteiger partial charge in [0.2, 0.25) is 5.91 Å². The van der Waals surface area contributed by atoms with Crippen LogP contribution in [0.5, 0.6) is 11.5 Å². The Morgan fingerprint density at radius 2 is 1.89 bits per heavy atom. The van der Waals surface area contributed by atoms with E-state index in [1.165, 1.54) is 19.2 Å². The number of ether oxygens (including phenoxy) is 2. The molecule has 0 radical (unpaired) electrons. The maximum absolute atomic E-state index is 13.8. The van der Waals surface area contributed by atoms with Gasteiger partial charge in [0.1, 0.15) is 5.75 Å². The first-order valence-corrected chi connectivity index (χ1v) is 8.37. The van der Waals surface area contributed by atoms with Gasteiger partial charge in [0, 0.05) is 0 Å². The molecule has 0 spiro atoms. The molecule has 2 rings (SSSR count). The standard InChI is InChI=1S/C20H22FNO5/c1-12-4-5-13(2)17(10-12)27-9-8-18(23)22-19(20(24)25)14-6-7-16(26-3)15(21)11-14/h4-7,10-11,19H,8-9H2,1-3H3,(H,22,23)(H,24,25). The van der Waals surface area contributed by atoms with E-state index in [-0.39, 0.29) is 24.3 Å². The molecule has 27 heavy (non-hydrogen) atoms. The minimum atomic E-state index is -1.36. The van der Waals surface area contributed by atoms with Crippen LogP contribution in [0.4, 0.5) is 4.39 Å². The third-order valence-electron chi connectivity index (χ3n) is 3.99. The lowest BCUT2D eigenvalue weighted by Gasteiger charge is -2.16. The average molecular weight is 375 g/mol. The van der Waals surface area contributed by atoms with Gasteiger partial charge in [-0.3, -0.25) is 4.79 Å². The predicted molar refractivity (Wildman–Crippen MR) is 97.5 cm³/mol. The van der Waals surface area contributed by atoms with E-state index in [2.05, 4.69) is 5.32 Å². The Bertz CT molecular complexity index is 837. The van der Waals surface area contributed by atoms with Crippen molar-refractivity contribution in [1.29, 1.82) is 0 Å². The van der Waals surface area contributed by atoms with Gasteiger partial charge in [-0.2, -0.15) is 0 Å². The first kappa shape index (κ1) is 20.2. The van der Waals surface area contributed by atoms with Crippen molar-refractivity contribution in [3.8, 4) is 11.5 Å². The zero-order valence-corrected chi connectivity index (χ0v) is 15.4. The summed E-state index contributed by atoms with van der Waals surface area (Å²) in [7, 11) is 1.31. The number of aliphatic carboxylic acids is 1. The van der Waals surface area contributed by atoms with Gasteiger partial charge in [-0.1, -0.05) is 18.2 Å². The molecule has 0 aromatic heterocycles. The van der Waals surface area contributed by atoms with Gasteiger partial charge in [0.15, 0.2) is 17.6 Å². The maximum Gasteiger partial charge on any atom is 0.330 e. The molecule has 0 heterocycles. The summed E-state index contributed by atoms with van der Waals surface area (Å²) in [5.74, 6) is -1.83. The zero-order chi connectivity index (χ0) is 20.0. The van der Waals surface area contributed by atoms with Crippen molar-refractivity contribution >= 4 is 11.9 Å². The molecule has 0 fully saturated rings. The van der Waals surface area contributed by atoms with E-state index in [0.717, 1.165) is 17.2 Å². The van der Waals surface area contributed by atoms with Crippen LogP contribution in [0.25, 0.3) is 0 Å². The van der Waals surface area contributed by atoms with E-state index in [1.54, 1.807) is 0 Å². The first-order chi connectivity index (χ1) is 12.8. The molecule has 0 saturated heterocycles. The quantitative estimate of drug-likeness (QED) is 0.740. The Balaban J connectivity index is 1.98. The number of amides is 1. The molecule has 2 aromatic carbocycles. The molecule has 2 N–H and O–H groups in total. The van der Waals surface area contributed by atoms with Crippen LogP contribution >= 0.6 is 0 Å². The molecule has 1 amide bonds. The lowest BCUT2D eigenvalue weighted by atomic mass is 10.1. The molecule has 7 heteroatoms. The van der Waals surface area contributed by atoms with Crippen LogP contribution in [-0.4, -0.2) is 30.7 Å². The molecule has 6 nitrogen and oxygen atoms in total. The molecule has 0 bridgehead atoms. The summed E-state index contributed by atoms with van der Waals surface area (Å²) >= 11 is 0. The van der Waals surface area contributed by atoms with E-state index in [4.69, 9.17) is 9.47 Å². The number of halogens is 1. The summed E-state index contributed by atoms with van der Waals surface area (Å²) in [5.41, 5.74) is 2.09. The number of carbonyl (C=O) groups excluding carboxylic acids is 1. The van der Waals surface area contributed by atoms with Crippen LogP contribution in [0.3, 0.4) is 0 Å². The Kier molecular flexibility index (Phi) is 6.76. The highest BCUT2D eigenvalue weighted by Gasteiger charge is 2.23. The van der Waals surface area contributed by atoms with Crippen molar-refractivity contribution in [2.75, 3.05) is 13.7 Å². The second-order valence-electron chi connectivity index (χ2n) is 6.10. The normalized spacial score (nSPS) is 11.6. The summed E-state index contributed by atoms with van der Waals surface area (Å²) in [6.07, 6.45) is -0.0319. The molecule has 1 unspecified atom stereocenters. The average Bonchev–Trinajstić information content (AvgIpc) is 2.62. The van der Waals surface area contributed by atoms with Crippen LogP contribution in [-0.2, 0) is 9.59 Å². The lowest BCUT2D eigenvalue weighted by molar-refractivity contribution is -0.142. The third-order valence-corrected chi connectivity index (χ3v) is 3.99. The number of rotatable bonds is 8. The third kappa shape index (κ3) is 5.44. The highest BCUT2D eigenvalue weighted by Crippen LogP contribution is 2.22. The highest BCUT2D eigenvalue weighted by molar-refractivity contribution is 5.84. The number of hydrogen-bond donors (Lipinski definition) is 2. The van der Waals surface area contributed by atoms with E-state index in [1.807, 2.05) is 32.0 Å². The maximum atomic E-state index is 13.8. The lowest BCUT2D eigenvalue weighted by Crippen LogP contribution is -2.34. The van der Waals surface area contributed by atoms with E-state index < -0.39 is 23.7 Å². The first-order valence-electron chi connectivity index (χ1n) is 8.37. The van der Waals surface area contributed by atoms with E-state index in [0.29, 0.717) is 5.75 Å². The van der Waals surface area contributed by atoms with Crippen molar-refractivity contribution in [2.24, 2.45) is 0 Å². The predicted octanol–water partition coefficient (Wildman–Crippen LogP) is 3.16. The highest BCUT2D eigenvalue weighted by atomic mass is 19.1. The summed E-state index contributed by atoms with van der Waals surface area (Å²) in [6.45, 7) is 3.93. The van der Waals surface area contributed by atoms with Gasteiger partial charge in [-0.05, 0) is 48.7 Å². The zero-order valence-electron chi connectivity index (χ0n) is 15.4. The Labute approximate surface area is 156 Å².